The zero-order chi connectivity index (χ0) is 17.1. The maximum absolute atomic E-state index is 12.9. The summed E-state index contributed by atoms with van der Waals surface area (Å²) in [5.41, 5.74) is 2.69. The molecule has 1 N–H and O–H groups in total. The minimum absolute atomic E-state index is 0.0330. The molecule has 1 fully saturated rings. The van der Waals surface area contributed by atoms with Crippen LogP contribution in [0.1, 0.15) is 28.7 Å². The van der Waals surface area contributed by atoms with Crippen LogP contribution < -0.4 is 5.32 Å². The normalized spacial score (nSPS) is 17.8. The van der Waals surface area contributed by atoms with Gasteiger partial charge in [-0.15, -0.1) is 0 Å². The molecule has 8 nitrogen and oxygen atoms in total. The van der Waals surface area contributed by atoms with Gasteiger partial charge in [0, 0.05) is 71.0 Å². The molecule has 3 heterocycles. The van der Waals surface area contributed by atoms with E-state index >= 15 is 0 Å². The van der Waals surface area contributed by atoms with E-state index in [-0.39, 0.29) is 11.8 Å². The van der Waals surface area contributed by atoms with Gasteiger partial charge in [-0.2, -0.15) is 5.10 Å². The molecule has 24 heavy (non-hydrogen) atoms. The third kappa shape index (κ3) is 3.29. The molecule has 0 aromatic carbocycles. The lowest BCUT2D eigenvalue weighted by atomic mass is 10.1. The smallest absolute Gasteiger partial charge is 0.274 e. The Kier molecular flexibility index (Phi) is 5.15. The Hall–Kier alpha value is -1.93. The number of methoxy groups -OCH3 is 1. The number of piperazine rings is 1. The van der Waals surface area contributed by atoms with Crippen molar-refractivity contribution in [3.8, 4) is 0 Å². The van der Waals surface area contributed by atoms with E-state index in [1.54, 1.807) is 23.8 Å². The van der Waals surface area contributed by atoms with Gasteiger partial charge in [0.05, 0.1) is 13.2 Å². The standard InChI is InChI=1S/C16H25N5O3/c1-12(22)19-5-7-20(8-6-19)16(23)15-13-11-17-4-3-14(13)21(18-15)9-10-24-2/h17H,3-11H2,1-2H3. The molecule has 0 atom stereocenters. The Bertz CT molecular complexity index is 619. The molecule has 0 bridgehead atoms. The quantitative estimate of drug-likeness (QED) is 0.801. The van der Waals surface area contributed by atoms with Gasteiger partial charge in [-0.05, 0) is 0 Å². The summed E-state index contributed by atoms with van der Waals surface area (Å²) in [6.45, 7) is 6.68. The maximum atomic E-state index is 12.9. The summed E-state index contributed by atoms with van der Waals surface area (Å²) in [6, 6.07) is 0. The number of nitrogens with zero attached hydrogens (tertiary/aromatic N) is 4. The molecule has 0 spiro atoms. The molecular formula is C16H25N5O3. The number of nitrogens with one attached hydrogen (secondary N) is 1. The fourth-order valence-corrected chi connectivity index (χ4v) is 3.33. The van der Waals surface area contributed by atoms with Crippen LogP contribution in [0.4, 0.5) is 0 Å². The van der Waals surface area contributed by atoms with Crippen molar-refractivity contribution in [1.82, 2.24) is 24.9 Å². The highest BCUT2D eigenvalue weighted by Crippen LogP contribution is 2.20. The fraction of sp³-hybridized carbons (Fsp3) is 0.688. The molecule has 0 unspecified atom stereocenters. The minimum Gasteiger partial charge on any atom is -0.383 e. The van der Waals surface area contributed by atoms with Crippen LogP contribution in [0, 0.1) is 0 Å². The monoisotopic (exact) mass is 335 g/mol. The molecule has 2 amide bonds. The summed E-state index contributed by atoms with van der Waals surface area (Å²) >= 11 is 0. The SMILES string of the molecule is COCCn1nc(C(=O)N2CCN(C(C)=O)CC2)c2c1CCNC2. The average Bonchev–Trinajstić information content (AvgIpc) is 2.98. The van der Waals surface area contributed by atoms with Crippen LogP contribution in [0.15, 0.2) is 0 Å². The zero-order valence-electron chi connectivity index (χ0n) is 14.4. The van der Waals surface area contributed by atoms with Gasteiger partial charge in [-0.3, -0.25) is 14.3 Å². The number of fused-ring (bicyclic) bond motifs is 1. The summed E-state index contributed by atoms with van der Waals surface area (Å²) in [7, 11) is 1.66. The van der Waals surface area contributed by atoms with Gasteiger partial charge in [0.1, 0.15) is 0 Å². The van der Waals surface area contributed by atoms with Crippen LogP contribution in [0.3, 0.4) is 0 Å². The first-order valence-corrected chi connectivity index (χ1v) is 8.44. The highest BCUT2D eigenvalue weighted by Gasteiger charge is 2.30. The molecule has 3 rings (SSSR count). The van der Waals surface area contributed by atoms with E-state index < -0.39 is 0 Å². The lowest BCUT2D eigenvalue weighted by molar-refractivity contribution is -0.130. The molecule has 8 heteroatoms. The minimum atomic E-state index is -0.0330. The number of carbonyl (C=O) groups excluding carboxylic acids is 2. The third-order valence-corrected chi connectivity index (χ3v) is 4.73. The zero-order valence-corrected chi connectivity index (χ0v) is 14.4. The predicted octanol–water partition coefficient (Wildman–Crippen LogP) is -0.520. The van der Waals surface area contributed by atoms with Gasteiger partial charge in [0.2, 0.25) is 5.91 Å². The van der Waals surface area contributed by atoms with Gasteiger partial charge in [-0.25, -0.2) is 0 Å². The van der Waals surface area contributed by atoms with Crippen LogP contribution in [0.2, 0.25) is 0 Å². The Balaban J connectivity index is 1.77. The second kappa shape index (κ2) is 7.31. The van der Waals surface area contributed by atoms with Crippen molar-refractivity contribution < 1.29 is 14.3 Å². The molecule has 1 saturated heterocycles. The van der Waals surface area contributed by atoms with Crippen molar-refractivity contribution in [1.29, 1.82) is 0 Å². The van der Waals surface area contributed by atoms with Crippen molar-refractivity contribution >= 4 is 11.8 Å². The molecule has 0 radical (unpaired) electrons. The van der Waals surface area contributed by atoms with Crippen molar-refractivity contribution in [2.24, 2.45) is 0 Å². The number of aromatic nitrogens is 2. The number of carbonyl (C=O) groups is 2. The summed E-state index contributed by atoms with van der Waals surface area (Å²) in [6.07, 6.45) is 0.872. The van der Waals surface area contributed by atoms with Crippen molar-refractivity contribution in [3.05, 3.63) is 17.0 Å². The van der Waals surface area contributed by atoms with Crippen LogP contribution in [0.25, 0.3) is 0 Å². The van der Waals surface area contributed by atoms with Crippen LogP contribution >= 0.6 is 0 Å². The third-order valence-electron chi connectivity index (χ3n) is 4.73. The first-order chi connectivity index (χ1) is 11.6. The van der Waals surface area contributed by atoms with Crippen molar-refractivity contribution in [2.45, 2.75) is 26.4 Å². The van der Waals surface area contributed by atoms with Gasteiger partial charge in [0.25, 0.3) is 5.91 Å². The largest absolute Gasteiger partial charge is 0.383 e. The summed E-state index contributed by atoms with van der Waals surface area (Å²) in [5, 5.41) is 7.91. The Labute approximate surface area is 141 Å². The first-order valence-electron chi connectivity index (χ1n) is 8.44. The molecule has 132 valence electrons. The van der Waals surface area contributed by atoms with Gasteiger partial charge in [0.15, 0.2) is 5.69 Å². The second-order valence-electron chi connectivity index (χ2n) is 6.21. The number of rotatable bonds is 4. The Morgan fingerprint density at radius 1 is 1.21 bits per heavy atom. The Morgan fingerprint density at radius 3 is 2.58 bits per heavy atom. The molecule has 0 aliphatic carbocycles. The summed E-state index contributed by atoms with van der Waals surface area (Å²) < 4.78 is 7.06. The molecule has 1 aromatic heterocycles. The van der Waals surface area contributed by atoms with Crippen LogP contribution in [-0.2, 0) is 29.0 Å². The highest BCUT2D eigenvalue weighted by atomic mass is 16.5. The molecule has 1 aromatic rings. The van der Waals surface area contributed by atoms with E-state index in [0.29, 0.717) is 51.6 Å². The molecule has 0 saturated carbocycles. The number of hydrogen-bond donors (Lipinski definition) is 1. The predicted molar refractivity (Wildman–Crippen MR) is 87.7 cm³/mol. The molecule has 2 aliphatic heterocycles. The second-order valence-corrected chi connectivity index (χ2v) is 6.21. The average molecular weight is 335 g/mol. The van der Waals surface area contributed by atoms with Crippen LogP contribution in [0.5, 0.6) is 0 Å². The van der Waals surface area contributed by atoms with Gasteiger partial charge in [-0.1, -0.05) is 0 Å². The highest BCUT2D eigenvalue weighted by molar-refractivity contribution is 5.94. The summed E-state index contributed by atoms with van der Waals surface area (Å²) in [5.74, 6) is 0.0295. The first kappa shape index (κ1) is 16.9. The fourth-order valence-electron chi connectivity index (χ4n) is 3.33. The lowest BCUT2D eigenvalue weighted by Crippen LogP contribution is -2.50. The lowest BCUT2D eigenvalue weighted by Gasteiger charge is -2.34. The number of ether oxygens (including phenoxy) is 1. The maximum Gasteiger partial charge on any atom is 0.274 e. The van der Waals surface area contributed by atoms with Crippen molar-refractivity contribution in [3.63, 3.8) is 0 Å². The topological polar surface area (TPSA) is 79.7 Å². The molecule has 2 aliphatic rings. The van der Waals surface area contributed by atoms with E-state index in [0.717, 1.165) is 24.2 Å². The van der Waals surface area contributed by atoms with E-state index in [4.69, 9.17) is 4.74 Å². The Morgan fingerprint density at radius 2 is 1.92 bits per heavy atom. The van der Waals surface area contributed by atoms with Gasteiger partial charge < -0.3 is 19.9 Å². The van der Waals surface area contributed by atoms with Crippen molar-refractivity contribution in [2.75, 3.05) is 46.4 Å². The van der Waals surface area contributed by atoms with Gasteiger partial charge >= 0.3 is 0 Å². The van der Waals surface area contributed by atoms with E-state index in [9.17, 15) is 9.59 Å². The number of hydrogen-bond acceptors (Lipinski definition) is 5. The molecular weight excluding hydrogens is 310 g/mol. The summed E-state index contributed by atoms with van der Waals surface area (Å²) in [4.78, 5) is 27.9. The van der Waals surface area contributed by atoms with E-state index in [1.807, 2.05) is 4.68 Å². The number of amides is 2. The van der Waals surface area contributed by atoms with E-state index in [1.165, 1.54) is 0 Å². The van der Waals surface area contributed by atoms with E-state index in [2.05, 4.69) is 10.4 Å². The van der Waals surface area contributed by atoms with Crippen LogP contribution in [-0.4, -0.2) is 77.8 Å².